The molecule has 120 valence electrons. The van der Waals surface area contributed by atoms with Crippen LogP contribution in [-0.2, 0) is 9.59 Å². The number of benzene rings is 1. The van der Waals surface area contributed by atoms with E-state index in [1.165, 1.54) is 19.1 Å². The van der Waals surface area contributed by atoms with Crippen molar-refractivity contribution < 1.29 is 23.9 Å². The molecule has 1 aromatic rings. The largest absolute Gasteiger partial charge is 0.481 e. The monoisotopic (exact) mass is 310 g/mol. The number of anilines is 1. The highest BCUT2D eigenvalue weighted by Gasteiger charge is 2.26. The second-order valence-corrected chi connectivity index (χ2v) is 5.57. The Kier molecular flexibility index (Phi) is 5.62. The molecular weight excluding hydrogens is 291 g/mol. The van der Waals surface area contributed by atoms with E-state index in [1.54, 1.807) is 13.8 Å². The lowest BCUT2D eigenvalue weighted by Gasteiger charge is -2.19. The smallest absolute Gasteiger partial charge is 0.309 e. The highest BCUT2D eigenvalue weighted by molar-refractivity contribution is 5.97. The number of aliphatic carboxylic acids is 1. The van der Waals surface area contributed by atoms with Gasteiger partial charge in [-0.2, -0.15) is 0 Å². The lowest BCUT2D eigenvalue weighted by Crippen LogP contribution is -2.32. The molecule has 0 aliphatic carbocycles. The van der Waals surface area contributed by atoms with Crippen molar-refractivity contribution >= 4 is 23.5 Å². The van der Waals surface area contributed by atoms with Gasteiger partial charge in [-0.15, -0.1) is 0 Å². The fourth-order valence-corrected chi connectivity index (χ4v) is 1.67. The Morgan fingerprint density at radius 1 is 1.27 bits per heavy atom. The lowest BCUT2D eigenvalue weighted by molar-refractivity contribution is -0.147. The van der Waals surface area contributed by atoms with Crippen molar-refractivity contribution in [2.75, 3.05) is 11.9 Å². The van der Waals surface area contributed by atoms with Gasteiger partial charge in [0.15, 0.2) is 0 Å². The molecule has 22 heavy (non-hydrogen) atoms. The van der Waals surface area contributed by atoms with Gasteiger partial charge in [0, 0.05) is 19.2 Å². The van der Waals surface area contributed by atoms with Crippen LogP contribution in [0, 0.1) is 11.2 Å². The van der Waals surface area contributed by atoms with Gasteiger partial charge in [0.25, 0.3) is 5.91 Å². The van der Waals surface area contributed by atoms with Crippen LogP contribution in [0.3, 0.4) is 0 Å². The summed E-state index contributed by atoms with van der Waals surface area (Å²) < 4.78 is 13.7. The second-order valence-electron chi connectivity index (χ2n) is 5.57. The van der Waals surface area contributed by atoms with Crippen LogP contribution >= 0.6 is 0 Å². The van der Waals surface area contributed by atoms with E-state index >= 15 is 0 Å². The van der Waals surface area contributed by atoms with E-state index in [1.807, 2.05) is 0 Å². The van der Waals surface area contributed by atoms with Crippen molar-refractivity contribution in [1.29, 1.82) is 0 Å². The summed E-state index contributed by atoms with van der Waals surface area (Å²) in [6, 6.07) is 3.66. The normalized spacial score (nSPS) is 10.9. The predicted octanol–water partition coefficient (Wildman–Crippen LogP) is 2.01. The summed E-state index contributed by atoms with van der Waals surface area (Å²) in [6.07, 6.45) is 0.209. The second kappa shape index (κ2) is 7.02. The molecule has 0 atom stereocenters. The zero-order chi connectivity index (χ0) is 16.9. The predicted molar refractivity (Wildman–Crippen MR) is 79.1 cm³/mol. The molecule has 1 rings (SSSR count). The Balaban J connectivity index is 2.73. The maximum atomic E-state index is 13.7. The van der Waals surface area contributed by atoms with Crippen molar-refractivity contribution in [3.05, 3.63) is 29.6 Å². The maximum Gasteiger partial charge on any atom is 0.309 e. The van der Waals surface area contributed by atoms with Crippen molar-refractivity contribution in [1.82, 2.24) is 5.32 Å². The number of nitrogens with one attached hydrogen (secondary N) is 2. The summed E-state index contributed by atoms with van der Waals surface area (Å²) in [5.41, 5.74) is -0.881. The average Bonchev–Trinajstić information content (AvgIpc) is 2.39. The molecule has 0 aromatic heterocycles. The number of hydrogen-bond donors (Lipinski definition) is 3. The van der Waals surface area contributed by atoms with Gasteiger partial charge in [-0.1, -0.05) is 0 Å². The Hall–Kier alpha value is -2.44. The lowest BCUT2D eigenvalue weighted by atomic mass is 9.90. The zero-order valence-electron chi connectivity index (χ0n) is 12.7. The summed E-state index contributed by atoms with van der Waals surface area (Å²) in [5.74, 6) is -2.68. The molecular formula is C15H19FN2O4. The number of carbonyl (C=O) groups is 3. The third-order valence-corrected chi connectivity index (χ3v) is 3.15. The Morgan fingerprint density at radius 3 is 2.45 bits per heavy atom. The van der Waals surface area contributed by atoms with Crippen LogP contribution in [0.15, 0.2) is 18.2 Å². The first kappa shape index (κ1) is 17.6. The number of carboxylic acid groups (broad SMARTS) is 1. The van der Waals surface area contributed by atoms with Crippen molar-refractivity contribution in [2.45, 2.75) is 27.2 Å². The topological polar surface area (TPSA) is 95.5 Å². The van der Waals surface area contributed by atoms with Gasteiger partial charge in [0.1, 0.15) is 5.82 Å². The number of halogens is 1. The fraction of sp³-hybridized carbons (Fsp3) is 0.400. The quantitative estimate of drug-likeness (QED) is 0.749. The highest BCUT2D eigenvalue weighted by Crippen LogP contribution is 2.20. The molecule has 2 amide bonds. The van der Waals surface area contributed by atoms with E-state index in [9.17, 15) is 18.8 Å². The molecule has 1 aromatic carbocycles. The minimum atomic E-state index is -0.982. The van der Waals surface area contributed by atoms with Crippen LogP contribution in [-0.4, -0.2) is 29.4 Å². The number of hydrogen-bond acceptors (Lipinski definition) is 3. The van der Waals surface area contributed by atoms with E-state index in [-0.39, 0.29) is 24.4 Å². The Labute approximate surface area is 127 Å². The molecule has 0 saturated carbocycles. The Bertz CT molecular complexity index is 599. The van der Waals surface area contributed by atoms with E-state index in [4.69, 9.17) is 5.11 Å². The number of carbonyl (C=O) groups excluding carboxylic acids is 2. The first-order valence-electron chi connectivity index (χ1n) is 6.72. The summed E-state index contributed by atoms with van der Waals surface area (Å²) in [7, 11) is 0. The molecule has 0 heterocycles. The van der Waals surface area contributed by atoms with Gasteiger partial charge in [-0.25, -0.2) is 4.39 Å². The van der Waals surface area contributed by atoms with Gasteiger partial charge in [0.05, 0.1) is 11.0 Å². The van der Waals surface area contributed by atoms with E-state index in [2.05, 4.69) is 10.6 Å². The summed E-state index contributed by atoms with van der Waals surface area (Å²) >= 11 is 0. The minimum Gasteiger partial charge on any atom is -0.481 e. The first-order chi connectivity index (χ1) is 10.1. The van der Waals surface area contributed by atoms with Crippen LogP contribution in [0.25, 0.3) is 0 Å². The molecule has 0 unspecified atom stereocenters. The van der Waals surface area contributed by atoms with Gasteiger partial charge in [0.2, 0.25) is 5.91 Å². The molecule has 6 nitrogen and oxygen atoms in total. The van der Waals surface area contributed by atoms with Crippen molar-refractivity contribution in [3.63, 3.8) is 0 Å². The molecule has 0 spiro atoms. The molecule has 7 heteroatoms. The molecule has 0 radical (unpaired) electrons. The van der Waals surface area contributed by atoms with E-state index in [0.29, 0.717) is 5.69 Å². The standard InChI is InChI=1S/C15H19FN2O4/c1-9(19)18-10-4-5-12(16)11(8-10)13(20)17-7-6-15(2,3)14(21)22/h4-5,8H,6-7H2,1-3H3,(H,17,20)(H,18,19)(H,21,22). The van der Waals surface area contributed by atoms with Gasteiger partial charge in [-0.05, 0) is 38.5 Å². The van der Waals surface area contributed by atoms with Crippen LogP contribution in [0.4, 0.5) is 10.1 Å². The molecule has 0 saturated heterocycles. The minimum absolute atomic E-state index is 0.0991. The molecule has 0 aliphatic rings. The van der Waals surface area contributed by atoms with Crippen molar-refractivity contribution in [2.24, 2.45) is 5.41 Å². The van der Waals surface area contributed by atoms with Crippen LogP contribution in [0.2, 0.25) is 0 Å². The van der Waals surface area contributed by atoms with E-state index in [0.717, 1.165) is 6.07 Å². The molecule has 0 aliphatic heterocycles. The average molecular weight is 310 g/mol. The number of carboxylic acids is 1. The van der Waals surface area contributed by atoms with Crippen LogP contribution in [0.1, 0.15) is 37.6 Å². The zero-order valence-corrected chi connectivity index (χ0v) is 12.7. The third-order valence-electron chi connectivity index (χ3n) is 3.15. The number of rotatable bonds is 6. The van der Waals surface area contributed by atoms with E-state index < -0.39 is 23.1 Å². The number of amides is 2. The van der Waals surface area contributed by atoms with Gasteiger partial charge < -0.3 is 15.7 Å². The highest BCUT2D eigenvalue weighted by atomic mass is 19.1. The van der Waals surface area contributed by atoms with Gasteiger partial charge in [-0.3, -0.25) is 14.4 Å². The summed E-state index contributed by atoms with van der Waals surface area (Å²) in [4.78, 5) is 33.9. The van der Waals surface area contributed by atoms with Crippen molar-refractivity contribution in [3.8, 4) is 0 Å². The summed E-state index contributed by atoms with van der Waals surface area (Å²) in [5, 5.41) is 13.9. The third kappa shape index (κ3) is 4.83. The van der Waals surface area contributed by atoms with Crippen LogP contribution in [0.5, 0.6) is 0 Å². The van der Waals surface area contributed by atoms with Crippen LogP contribution < -0.4 is 10.6 Å². The molecule has 0 fully saturated rings. The molecule has 3 N–H and O–H groups in total. The Morgan fingerprint density at radius 2 is 1.91 bits per heavy atom. The maximum absolute atomic E-state index is 13.7. The summed E-state index contributed by atoms with van der Waals surface area (Å²) in [6.45, 7) is 4.48. The SMILES string of the molecule is CC(=O)Nc1ccc(F)c(C(=O)NCCC(C)(C)C(=O)O)c1. The van der Waals surface area contributed by atoms with Gasteiger partial charge >= 0.3 is 5.97 Å². The first-order valence-corrected chi connectivity index (χ1v) is 6.72. The fourth-order valence-electron chi connectivity index (χ4n) is 1.67. The molecule has 0 bridgehead atoms.